The summed E-state index contributed by atoms with van der Waals surface area (Å²) in [6.45, 7) is 4.91. The van der Waals surface area contributed by atoms with Gasteiger partial charge in [0.1, 0.15) is 12.1 Å². The largest absolute Gasteiger partial charge is 0.480 e. The number of hydrogen-bond acceptors (Lipinski definition) is 5. The van der Waals surface area contributed by atoms with Crippen LogP contribution in [0.1, 0.15) is 206 Å². The Morgan fingerprint density at radius 3 is 1.65 bits per heavy atom. The molecule has 2 unspecified atom stereocenters. The molecule has 296 valence electrons. The summed E-state index contributed by atoms with van der Waals surface area (Å²) in [7, 11) is 0. The Morgan fingerprint density at radius 2 is 1.08 bits per heavy atom. The Hall–Kier alpha value is -2.41. The molecule has 0 aromatic heterocycles. The molecule has 7 nitrogen and oxygen atoms in total. The summed E-state index contributed by atoms with van der Waals surface area (Å²) in [5.74, 6) is -1.32. The van der Waals surface area contributed by atoms with Crippen molar-refractivity contribution in [2.45, 2.75) is 219 Å². The predicted molar refractivity (Wildman–Crippen MR) is 216 cm³/mol. The molecule has 51 heavy (non-hydrogen) atoms. The predicted octanol–water partition coefficient (Wildman–Crippen LogP) is 11.8. The van der Waals surface area contributed by atoms with Crippen molar-refractivity contribution in [3.05, 3.63) is 36.5 Å². The third-order valence-electron chi connectivity index (χ3n) is 9.44. The summed E-state index contributed by atoms with van der Waals surface area (Å²) < 4.78 is 5.93. The third kappa shape index (κ3) is 35.8. The minimum Gasteiger partial charge on any atom is -0.480 e. The minimum atomic E-state index is -1.01. The maximum absolute atomic E-state index is 12.7. The molecule has 0 heterocycles. The molecule has 0 radical (unpaired) electrons. The molecule has 1 amide bonds. The summed E-state index contributed by atoms with van der Waals surface area (Å²) in [4.78, 5) is 36.3. The second-order valence-corrected chi connectivity index (χ2v) is 14.4. The highest BCUT2D eigenvalue weighted by atomic mass is 16.5. The summed E-state index contributed by atoms with van der Waals surface area (Å²) >= 11 is 0. The lowest BCUT2D eigenvalue weighted by Gasteiger charge is -2.15. The number of carbonyl (C=O) groups excluding carboxylic acids is 2. The van der Waals surface area contributed by atoms with E-state index in [-0.39, 0.29) is 18.0 Å². The monoisotopic (exact) mass is 717 g/mol. The molecule has 2 atom stereocenters. The molecule has 0 saturated heterocycles. The van der Waals surface area contributed by atoms with Gasteiger partial charge in [0.15, 0.2) is 0 Å². The molecule has 0 aromatic rings. The molecule has 0 aliphatic rings. The van der Waals surface area contributed by atoms with Crippen LogP contribution in [0.2, 0.25) is 0 Å². The molecule has 7 heteroatoms. The highest BCUT2D eigenvalue weighted by Gasteiger charge is 2.18. The van der Waals surface area contributed by atoms with E-state index >= 15 is 0 Å². The second-order valence-electron chi connectivity index (χ2n) is 14.4. The van der Waals surface area contributed by atoms with E-state index < -0.39 is 12.0 Å². The number of nitrogens with two attached hydrogens (primary N) is 1. The molecule has 0 fully saturated rings. The normalized spacial score (nSPS) is 13.0. The number of hydrogen-bond donors (Lipinski definition) is 3. The zero-order valence-electron chi connectivity index (χ0n) is 33.2. The smallest absolute Gasteiger partial charge is 0.326 e. The van der Waals surface area contributed by atoms with Crippen LogP contribution in [0.25, 0.3) is 0 Å². The first kappa shape index (κ1) is 48.6. The van der Waals surface area contributed by atoms with Crippen LogP contribution >= 0.6 is 0 Å². The number of amides is 1. The molecule has 0 bridgehead atoms. The number of aliphatic carboxylic acids is 1. The number of carboxylic acids is 1. The molecule has 0 aliphatic carbocycles. The molecule has 0 spiro atoms. The molecule has 0 rings (SSSR count). The summed E-state index contributed by atoms with van der Waals surface area (Å²) in [6.07, 6.45) is 44.9. The Bertz CT molecular complexity index is 900. The fourth-order valence-corrected chi connectivity index (χ4v) is 6.20. The Morgan fingerprint density at radius 1 is 0.588 bits per heavy atom. The van der Waals surface area contributed by atoms with Gasteiger partial charge in [-0.05, 0) is 76.8 Å². The average Bonchev–Trinajstić information content (AvgIpc) is 3.11. The van der Waals surface area contributed by atoms with Crippen molar-refractivity contribution in [3.63, 3.8) is 0 Å². The lowest BCUT2D eigenvalue weighted by Crippen LogP contribution is -2.40. The third-order valence-corrected chi connectivity index (χ3v) is 9.44. The van der Waals surface area contributed by atoms with E-state index in [1.807, 2.05) is 0 Å². The number of nitrogens with one attached hydrogen (secondary N) is 1. The molecular formula is C44H80N2O5. The van der Waals surface area contributed by atoms with Crippen molar-refractivity contribution >= 4 is 17.8 Å². The van der Waals surface area contributed by atoms with Gasteiger partial charge >= 0.3 is 11.9 Å². The fraction of sp³-hybridized carbons (Fsp3) is 0.795. The maximum Gasteiger partial charge on any atom is 0.326 e. The Kier molecular flexibility index (Phi) is 37.0. The van der Waals surface area contributed by atoms with Crippen LogP contribution in [-0.2, 0) is 19.1 Å². The zero-order valence-corrected chi connectivity index (χ0v) is 33.2. The Balaban J connectivity index is 4.41. The van der Waals surface area contributed by atoms with E-state index in [2.05, 4.69) is 55.6 Å². The molecule has 0 saturated carbocycles. The number of carboxylic acid groups (broad SMARTS) is 1. The van der Waals surface area contributed by atoms with E-state index in [1.54, 1.807) is 0 Å². The van der Waals surface area contributed by atoms with Crippen molar-refractivity contribution in [1.29, 1.82) is 0 Å². The van der Waals surface area contributed by atoms with Crippen LogP contribution in [0, 0.1) is 0 Å². The topological polar surface area (TPSA) is 119 Å². The second kappa shape index (κ2) is 38.8. The van der Waals surface area contributed by atoms with E-state index in [9.17, 15) is 19.5 Å². The van der Waals surface area contributed by atoms with E-state index in [0.29, 0.717) is 32.2 Å². The van der Waals surface area contributed by atoms with Crippen molar-refractivity contribution in [2.75, 3.05) is 6.54 Å². The van der Waals surface area contributed by atoms with Gasteiger partial charge in [0.05, 0.1) is 0 Å². The fourth-order valence-electron chi connectivity index (χ4n) is 6.20. The van der Waals surface area contributed by atoms with Crippen LogP contribution in [0.3, 0.4) is 0 Å². The summed E-state index contributed by atoms with van der Waals surface area (Å²) in [6, 6.07) is -0.865. The minimum absolute atomic E-state index is 0.0931. The van der Waals surface area contributed by atoms with Gasteiger partial charge in [-0.1, -0.05) is 160 Å². The number of rotatable bonds is 38. The standard InChI is InChI=1S/C44H80N2O5/c1-3-5-7-9-11-13-15-16-17-19-21-23-28-32-38-43(48)51-40(34-29-25-22-20-18-14-12-10-8-6-4-2)35-30-26-24-27-31-37-42(47)46-41(44(49)50)36-33-39-45/h12,14,20,22,29,34,40-41H,3-11,13,15-19,21,23-28,30-33,35-39,45H2,1-2H3,(H,46,47)(H,49,50)/b14-12-,22-20-,34-29-. The number of carbonyl (C=O) groups is 3. The number of esters is 1. The van der Waals surface area contributed by atoms with Gasteiger partial charge in [0.2, 0.25) is 5.91 Å². The highest BCUT2D eigenvalue weighted by molar-refractivity contribution is 5.83. The first-order valence-corrected chi connectivity index (χ1v) is 21.3. The number of unbranched alkanes of at least 4 members (excludes halogenated alkanes) is 20. The van der Waals surface area contributed by atoms with Crippen molar-refractivity contribution < 1.29 is 24.2 Å². The van der Waals surface area contributed by atoms with Crippen molar-refractivity contribution in [3.8, 4) is 0 Å². The van der Waals surface area contributed by atoms with Gasteiger partial charge < -0.3 is 20.9 Å². The number of allylic oxidation sites excluding steroid dienone is 5. The Labute approximate surface area is 314 Å². The average molecular weight is 717 g/mol. The van der Waals surface area contributed by atoms with Crippen molar-refractivity contribution in [2.24, 2.45) is 5.73 Å². The number of ether oxygens (including phenoxy) is 1. The zero-order chi connectivity index (χ0) is 37.5. The SMILES string of the molecule is CCCCC/C=C\C/C=C\C/C=C\C(CCCCCCCC(=O)NC(CCCN)C(=O)O)OC(=O)CCCCCCCCCCCCCCCC. The van der Waals surface area contributed by atoms with Gasteiger partial charge in [-0.25, -0.2) is 4.79 Å². The lowest BCUT2D eigenvalue weighted by molar-refractivity contribution is -0.147. The van der Waals surface area contributed by atoms with Crippen LogP contribution in [0.15, 0.2) is 36.5 Å². The van der Waals surface area contributed by atoms with Gasteiger partial charge in [-0.15, -0.1) is 0 Å². The summed E-state index contributed by atoms with van der Waals surface area (Å²) in [5.41, 5.74) is 5.48. The van der Waals surface area contributed by atoms with Crippen molar-refractivity contribution in [1.82, 2.24) is 5.32 Å². The lowest BCUT2D eigenvalue weighted by atomic mass is 10.0. The molecule has 0 aliphatic heterocycles. The van der Waals surface area contributed by atoms with E-state index in [1.165, 1.54) is 96.3 Å². The summed E-state index contributed by atoms with van der Waals surface area (Å²) in [5, 5.41) is 11.9. The van der Waals surface area contributed by atoms with Crippen LogP contribution in [-0.4, -0.2) is 41.6 Å². The van der Waals surface area contributed by atoms with Crippen LogP contribution in [0.4, 0.5) is 0 Å². The van der Waals surface area contributed by atoms with Gasteiger partial charge in [0, 0.05) is 12.8 Å². The van der Waals surface area contributed by atoms with Crippen LogP contribution in [0.5, 0.6) is 0 Å². The first-order valence-electron chi connectivity index (χ1n) is 21.3. The highest BCUT2D eigenvalue weighted by Crippen LogP contribution is 2.16. The van der Waals surface area contributed by atoms with E-state index in [0.717, 1.165) is 70.6 Å². The quantitative estimate of drug-likeness (QED) is 0.0332. The van der Waals surface area contributed by atoms with Gasteiger partial charge in [-0.2, -0.15) is 0 Å². The van der Waals surface area contributed by atoms with Gasteiger partial charge in [-0.3, -0.25) is 9.59 Å². The van der Waals surface area contributed by atoms with E-state index in [4.69, 9.17) is 10.5 Å². The molecule has 4 N–H and O–H groups in total. The first-order chi connectivity index (χ1) is 24.9. The molecule has 0 aromatic carbocycles. The maximum atomic E-state index is 12.7. The van der Waals surface area contributed by atoms with Crippen LogP contribution < -0.4 is 11.1 Å². The van der Waals surface area contributed by atoms with Gasteiger partial charge in [0.25, 0.3) is 0 Å². The molecular weight excluding hydrogens is 636 g/mol.